The van der Waals surface area contributed by atoms with Crippen LogP contribution in [-0.2, 0) is 6.54 Å². The molecule has 0 fully saturated rings. The number of nitrogens with two attached hydrogens (primary N) is 1. The van der Waals surface area contributed by atoms with Gasteiger partial charge in [-0.25, -0.2) is 4.39 Å². The van der Waals surface area contributed by atoms with E-state index in [1.54, 1.807) is 12.1 Å². The van der Waals surface area contributed by atoms with Crippen LogP contribution in [0.1, 0.15) is 25.3 Å². The molecule has 0 radical (unpaired) electrons. The van der Waals surface area contributed by atoms with Crippen LogP contribution in [0.3, 0.4) is 0 Å². The third-order valence-corrected chi connectivity index (χ3v) is 2.96. The quantitative estimate of drug-likeness (QED) is 0.838. The van der Waals surface area contributed by atoms with E-state index in [2.05, 4.69) is 22.9 Å². The lowest BCUT2D eigenvalue weighted by molar-refractivity contribution is 0.293. The fourth-order valence-electron chi connectivity index (χ4n) is 1.17. The van der Waals surface area contributed by atoms with E-state index in [0.29, 0.717) is 17.6 Å². The Morgan fingerprint density at radius 3 is 2.80 bits per heavy atom. The van der Waals surface area contributed by atoms with Gasteiger partial charge in [-0.3, -0.25) is 0 Å². The topological polar surface area (TPSA) is 35.2 Å². The van der Waals surface area contributed by atoms with E-state index in [9.17, 15) is 4.39 Å². The summed E-state index contributed by atoms with van der Waals surface area (Å²) in [5, 5.41) is 0. The summed E-state index contributed by atoms with van der Waals surface area (Å²) in [4.78, 5) is 0. The lowest BCUT2D eigenvalue weighted by Gasteiger charge is -2.09. The maximum absolute atomic E-state index is 13.6. The number of benzene rings is 1. The summed E-state index contributed by atoms with van der Waals surface area (Å²) in [6.07, 6.45) is 1.96. The summed E-state index contributed by atoms with van der Waals surface area (Å²) in [5.41, 5.74) is 6.20. The van der Waals surface area contributed by atoms with Crippen LogP contribution in [0, 0.1) is 5.82 Å². The zero-order valence-electron chi connectivity index (χ0n) is 8.72. The summed E-state index contributed by atoms with van der Waals surface area (Å²) >= 11 is 3.17. The lowest BCUT2D eigenvalue weighted by atomic mass is 10.2. The molecule has 2 N–H and O–H groups in total. The van der Waals surface area contributed by atoms with Gasteiger partial charge in [0, 0.05) is 6.54 Å². The van der Waals surface area contributed by atoms with E-state index in [1.807, 2.05) is 0 Å². The van der Waals surface area contributed by atoms with Crippen LogP contribution in [0.2, 0.25) is 0 Å². The Hall–Kier alpha value is -0.610. The fraction of sp³-hybridized carbons (Fsp3) is 0.455. The van der Waals surface area contributed by atoms with Crippen LogP contribution in [-0.4, -0.2) is 6.61 Å². The standard InChI is InChI=1S/C11H15BrFNO/c1-2-3-6-15-9-5-4-8(7-14)10(12)11(9)13/h4-5H,2-3,6-7,14H2,1H3. The lowest BCUT2D eigenvalue weighted by Crippen LogP contribution is -2.03. The van der Waals surface area contributed by atoms with Gasteiger partial charge in [-0.2, -0.15) is 0 Å². The van der Waals surface area contributed by atoms with Crippen molar-refractivity contribution < 1.29 is 9.13 Å². The monoisotopic (exact) mass is 275 g/mol. The second kappa shape index (κ2) is 6.08. The minimum Gasteiger partial charge on any atom is -0.490 e. The van der Waals surface area contributed by atoms with Crippen molar-refractivity contribution in [3.63, 3.8) is 0 Å². The molecule has 0 aliphatic heterocycles. The summed E-state index contributed by atoms with van der Waals surface area (Å²) < 4.78 is 19.4. The van der Waals surface area contributed by atoms with Crippen molar-refractivity contribution in [3.05, 3.63) is 28.0 Å². The molecule has 0 atom stereocenters. The van der Waals surface area contributed by atoms with Gasteiger partial charge in [0.05, 0.1) is 11.1 Å². The normalized spacial score (nSPS) is 10.4. The van der Waals surface area contributed by atoms with Crippen molar-refractivity contribution >= 4 is 15.9 Å². The van der Waals surface area contributed by atoms with Gasteiger partial charge in [0.25, 0.3) is 0 Å². The van der Waals surface area contributed by atoms with E-state index in [0.717, 1.165) is 18.4 Å². The second-order valence-electron chi connectivity index (χ2n) is 3.26. The Kier molecular flexibility index (Phi) is 5.05. The smallest absolute Gasteiger partial charge is 0.179 e. The first kappa shape index (κ1) is 12.5. The van der Waals surface area contributed by atoms with Crippen LogP contribution in [0.4, 0.5) is 4.39 Å². The van der Waals surface area contributed by atoms with Crippen molar-refractivity contribution in [2.45, 2.75) is 26.3 Å². The minimum atomic E-state index is -0.367. The predicted molar refractivity (Wildman–Crippen MR) is 62.4 cm³/mol. The third-order valence-electron chi connectivity index (χ3n) is 2.10. The van der Waals surface area contributed by atoms with Crippen LogP contribution < -0.4 is 10.5 Å². The molecule has 2 nitrogen and oxygen atoms in total. The highest BCUT2D eigenvalue weighted by Gasteiger charge is 2.10. The minimum absolute atomic E-state index is 0.285. The van der Waals surface area contributed by atoms with E-state index in [-0.39, 0.29) is 11.6 Å². The molecule has 0 heterocycles. The highest BCUT2D eigenvalue weighted by molar-refractivity contribution is 9.10. The Bertz CT molecular complexity index is 331. The Morgan fingerprint density at radius 1 is 1.47 bits per heavy atom. The fourth-order valence-corrected chi connectivity index (χ4v) is 1.66. The molecule has 0 saturated heterocycles. The number of rotatable bonds is 5. The van der Waals surface area contributed by atoms with Gasteiger partial charge < -0.3 is 10.5 Å². The van der Waals surface area contributed by atoms with Gasteiger partial charge in [-0.05, 0) is 34.0 Å². The number of ether oxygens (including phenoxy) is 1. The van der Waals surface area contributed by atoms with Crippen LogP contribution in [0.25, 0.3) is 0 Å². The van der Waals surface area contributed by atoms with Crippen molar-refractivity contribution in [1.82, 2.24) is 0 Å². The zero-order chi connectivity index (χ0) is 11.3. The summed E-state index contributed by atoms with van der Waals surface area (Å²) in [5.74, 6) is -0.0819. The first-order valence-electron chi connectivity index (χ1n) is 5.00. The van der Waals surface area contributed by atoms with Crippen molar-refractivity contribution in [2.75, 3.05) is 6.61 Å². The molecule has 1 rings (SSSR count). The Morgan fingerprint density at radius 2 is 2.20 bits per heavy atom. The average Bonchev–Trinajstić information content (AvgIpc) is 2.25. The maximum Gasteiger partial charge on any atom is 0.179 e. The molecular weight excluding hydrogens is 261 g/mol. The van der Waals surface area contributed by atoms with Crippen LogP contribution in [0.5, 0.6) is 5.75 Å². The molecule has 0 spiro atoms. The predicted octanol–water partition coefficient (Wildman–Crippen LogP) is 3.23. The SMILES string of the molecule is CCCCOc1ccc(CN)c(Br)c1F. The van der Waals surface area contributed by atoms with Crippen LogP contribution in [0.15, 0.2) is 16.6 Å². The number of halogens is 2. The molecule has 15 heavy (non-hydrogen) atoms. The average molecular weight is 276 g/mol. The molecule has 1 aromatic carbocycles. The maximum atomic E-state index is 13.6. The Balaban J connectivity index is 2.77. The molecule has 4 heteroatoms. The van der Waals surface area contributed by atoms with Crippen molar-refractivity contribution in [1.29, 1.82) is 0 Å². The van der Waals surface area contributed by atoms with Crippen LogP contribution >= 0.6 is 15.9 Å². The number of unbranched alkanes of at least 4 members (excludes halogenated alkanes) is 1. The second-order valence-corrected chi connectivity index (χ2v) is 4.05. The third kappa shape index (κ3) is 3.18. The van der Waals surface area contributed by atoms with Gasteiger partial charge in [0.1, 0.15) is 0 Å². The molecule has 0 amide bonds. The molecule has 0 aliphatic rings. The molecule has 0 bridgehead atoms. The largest absolute Gasteiger partial charge is 0.490 e. The molecule has 84 valence electrons. The van der Waals surface area contributed by atoms with Gasteiger partial charge in [-0.15, -0.1) is 0 Å². The Labute approximate surface area is 97.7 Å². The summed E-state index contributed by atoms with van der Waals surface area (Å²) in [6.45, 7) is 2.92. The molecule has 0 saturated carbocycles. The van der Waals surface area contributed by atoms with Gasteiger partial charge in [0.15, 0.2) is 11.6 Å². The number of hydrogen-bond donors (Lipinski definition) is 1. The van der Waals surface area contributed by atoms with Crippen molar-refractivity contribution in [3.8, 4) is 5.75 Å². The van der Waals surface area contributed by atoms with E-state index >= 15 is 0 Å². The highest BCUT2D eigenvalue weighted by Crippen LogP contribution is 2.28. The summed E-state index contributed by atoms with van der Waals surface area (Å²) in [6, 6.07) is 3.40. The van der Waals surface area contributed by atoms with Crippen molar-refractivity contribution in [2.24, 2.45) is 5.73 Å². The number of hydrogen-bond acceptors (Lipinski definition) is 2. The molecule has 0 aromatic heterocycles. The molecular formula is C11H15BrFNO. The zero-order valence-corrected chi connectivity index (χ0v) is 10.3. The van der Waals surface area contributed by atoms with Gasteiger partial charge >= 0.3 is 0 Å². The molecule has 0 aliphatic carbocycles. The van der Waals surface area contributed by atoms with E-state index in [4.69, 9.17) is 10.5 Å². The summed E-state index contributed by atoms with van der Waals surface area (Å²) in [7, 11) is 0. The van der Waals surface area contributed by atoms with Gasteiger partial charge in [-0.1, -0.05) is 19.4 Å². The molecule has 1 aromatic rings. The van der Waals surface area contributed by atoms with E-state index < -0.39 is 0 Å². The van der Waals surface area contributed by atoms with Gasteiger partial charge in [0.2, 0.25) is 0 Å². The highest BCUT2D eigenvalue weighted by atomic mass is 79.9. The molecule has 0 unspecified atom stereocenters. The van der Waals surface area contributed by atoms with E-state index in [1.165, 1.54) is 0 Å². The first-order valence-corrected chi connectivity index (χ1v) is 5.79. The first-order chi connectivity index (χ1) is 7.20.